The minimum atomic E-state index is 0.0182. The zero-order chi connectivity index (χ0) is 11.8. The van der Waals surface area contributed by atoms with Gasteiger partial charge < -0.3 is 10.0 Å². The molecule has 0 bridgehead atoms. The number of halogens is 1. The van der Waals surface area contributed by atoms with Gasteiger partial charge in [0.2, 0.25) is 0 Å². The van der Waals surface area contributed by atoms with Gasteiger partial charge in [0.05, 0.1) is 6.61 Å². The summed E-state index contributed by atoms with van der Waals surface area (Å²) in [6.07, 6.45) is 4.20. The molecule has 1 saturated carbocycles. The van der Waals surface area contributed by atoms with Gasteiger partial charge in [-0.15, -0.1) is 0 Å². The van der Waals surface area contributed by atoms with Crippen molar-refractivity contribution in [1.29, 1.82) is 0 Å². The van der Waals surface area contributed by atoms with Crippen LogP contribution >= 0.6 is 11.6 Å². The lowest BCUT2D eigenvalue weighted by atomic mass is 10.0. The fraction of sp³-hybridized carbons (Fsp3) is 0.571. The first-order valence-electron chi connectivity index (χ1n) is 6.42. The van der Waals surface area contributed by atoms with E-state index >= 15 is 0 Å². The molecule has 0 aromatic heterocycles. The molecule has 2 atom stereocenters. The van der Waals surface area contributed by atoms with Crippen LogP contribution in [0.3, 0.4) is 0 Å². The van der Waals surface area contributed by atoms with E-state index in [0.29, 0.717) is 5.02 Å². The number of hydrogen-bond donors (Lipinski definition) is 1. The first-order chi connectivity index (χ1) is 8.28. The smallest absolute Gasteiger partial charge is 0.0696 e. The summed E-state index contributed by atoms with van der Waals surface area (Å²) in [4.78, 5) is 2.45. The van der Waals surface area contributed by atoms with Gasteiger partial charge in [0.25, 0.3) is 0 Å². The molecule has 1 aliphatic heterocycles. The molecule has 1 saturated heterocycles. The van der Waals surface area contributed by atoms with Crippen LogP contribution in [0.4, 0.5) is 5.69 Å². The van der Waals surface area contributed by atoms with Crippen molar-refractivity contribution in [2.45, 2.75) is 25.9 Å². The number of aliphatic hydroxyl groups is 1. The molecular weight excluding hydrogens is 234 g/mol. The van der Waals surface area contributed by atoms with Crippen LogP contribution in [0.15, 0.2) is 18.2 Å². The van der Waals surface area contributed by atoms with E-state index in [1.165, 1.54) is 38.0 Å². The standard InChI is InChI=1S/C14H18ClNO/c15-14-6-13(5-4-12(14)9-17)16-7-10-2-1-3-11(10)8-16/h4-6,10-11,17H,1-3,7-9H2. The van der Waals surface area contributed by atoms with E-state index in [9.17, 15) is 0 Å². The molecule has 0 spiro atoms. The molecule has 92 valence electrons. The lowest BCUT2D eigenvalue weighted by Crippen LogP contribution is -2.20. The zero-order valence-corrected chi connectivity index (χ0v) is 10.7. The first-order valence-corrected chi connectivity index (χ1v) is 6.80. The third-order valence-electron chi connectivity index (χ3n) is 4.30. The van der Waals surface area contributed by atoms with Gasteiger partial charge in [-0.3, -0.25) is 0 Å². The number of rotatable bonds is 2. The molecule has 1 aromatic carbocycles. The molecule has 2 nitrogen and oxygen atoms in total. The monoisotopic (exact) mass is 251 g/mol. The molecule has 1 heterocycles. The molecule has 0 radical (unpaired) electrons. The second-order valence-corrected chi connectivity index (χ2v) is 5.70. The summed E-state index contributed by atoms with van der Waals surface area (Å²) < 4.78 is 0. The summed E-state index contributed by atoms with van der Waals surface area (Å²) in [5.41, 5.74) is 2.02. The van der Waals surface area contributed by atoms with Gasteiger partial charge in [0.1, 0.15) is 0 Å². The van der Waals surface area contributed by atoms with Gasteiger partial charge in [-0.25, -0.2) is 0 Å². The molecule has 1 aromatic rings. The van der Waals surface area contributed by atoms with Crippen LogP contribution in [-0.4, -0.2) is 18.2 Å². The number of aliphatic hydroxyl groups excluding tert-OH is 1. The maximum absolute atomic E-state index is 9.11. The number of hydrogen-bond acceptors (Lipinski definition) is 2. The Labute approximate surface area is 107 Å². The Balaban J connectivity index is 1.79. The summed E-state index contributed by atoms with van der Waals surface area (Å²) in [6, 6.07) is 6.01. The fourth-order valence-corrected chi connectivity index (χ4v) is 3.54. The normalized spacial score (nSPS) is 27.5. The molecule has 3 rings (SSSR count). The Hall–Kier alpha value is -0.730. The van der Waals surface area contributed by atoms with Crippen LogP contribution in [0, 0.1) is 11.8 Å². The number of benzene rings is 1. The Kier molecular flexibility index (Phi) is 3.01. The van der Waals surface area contributed by atoms with E-state index in [4.69, 9.17) is 16.7 Å². The van der Waals surface area contributed by atoms with Crippen molar-refractivity contribution >= 4 is 17.3 Å². The van der Waals surface area contributed by atoms with Crippen LogP contribution in [0.5, 0.6) is 0 Å². The summed E-state index contributed by atoms with van der Waals surface area (Å²) in [5.74, 6) is 1.79. The van der Waals surface area contributed by atoms with Gasteiger partial charge >= 0.3 is 0 Å². The number of nitrogens with zero attached hydrogens (tertiary/aromatic N) is 1. The Morgan fingerprint density at radius 1 is 1.24 bits per heavy atom. The Bertz CT molecular complexity index is 409. The highest BCUT2D eigenvalue weighted by molar-refractivity contribution is 6.31. The Morgan fingerprint density at radius 3 is 2.53 bits per heavy atom. The molecule has 0 amide bonds. The molecule has 3 heteroatoms. The molecule has 1 N–H and O–H groups in total. The lowest BCUT2D eigenvalue weighted by molar-refractivity contribution is 0.282. The average molecular weight is 252 g/mol. The third-order valence-corrected chi connectivity index (χ3v) is 4.65. The minimum Gasteiger partial charge on any atom is -0.392 e. The van der Waals surface area contributed by atoms with Crippen LogP contribution in [0.2, 0.25) is 5.02 Å². The highest BCUT2D eigenvalue weighted by atomic mass is 35.5. The average Bonchev–Trinajstić information content (AvgIpc) is 2.88. The molecule has 2 aliphatic rings. The van der Waals surface area contributed by atoms with E-state index < -0.39 is 0 Å². The highest BCUT2D eigenvalue weighted by Gasteiger charge is 2.36. The van der Waals surface area contributed by atoms with Gasteiger partial charge in [0.15, 0.2) is 0 Å². The predicted molar refractivity (Wildman–Crippen MR) is 70.4 cm³/mol. The maximum Gasteiger partial charge on any atom is 0.0696 e. The molecule has 1 aliphatic carbocycles. The second-order valence-electron chi connectivity index (χ2n) is 5.29. The zero-order valence-electron chi connectivity index (χ0n) is 9.90. The van der Waals surface area contributed by atoms with E-state index in [1.807, 2.05) is 12.1 Å². The summed E-state index contributed by atoms with van der Waals surface area (Å²) >= 11 is 6.14. The largest absolute Gasteiger partial charge is 0.392 e. The van der Waals surface area contributed by atoms with Gasteiger partial charge in [0, 0.05) is 23.8 Å². The van der Waals surface area contributed by atoms with Crippen molar-refractivity contribution in [1.82, 2.24) is 0 Å². The van der Waals surface area contributed by atoms with E-state index in [1.54, 1.807) is 0 Å². The molecule has 2 fully saturated rings. The maximum atomic E-state index is 9.11. The summed E-state index contributed by atoms with van der Waals surface area (Å²) in [5, 5.41) is 9.79. The van der Waals surface area contributed by atoms with Crippen molar-refractivity contribution < 1.29 is 5.11 Å². The van der Waals surface area contributed by atoms with E-state index in [2.05, 4.69) is 11.0 Å². The Morgan fingerprint density at radius 2 is 1.94 bits per heavy atom. The second kappa shape index (κ2) is 4.51. The predicted octanol–water partition coefficient (Wildman–Crippen LogP) is 3.07. The lowest BCUT2D eigenvalue weighted by Gasteiger charge is -2.20. The van der Waals surface area contributed by atoms with Crippen molar-refractivity contribution in [3.63, 3.8) is 0 Å². The van der Waals surface area contributed by atoms with Crippen LogP contribution in [0.1, 0.15) is 24.8 Å². The summed E-state index contributed by atoms with van der Waals surface area (Å²) in [6.45, 7) is 2.38. The number of fused-ring (bicyclic) bond motifs is 1. The van der Waals surface area contributed by atoms with Crippen LogP contribution < -0.4 is 4.90 Å². The topological polar surface area (TPSA) is 23.5 Å². The highest BCUT2D eigenvalue weighted by Crippen LogP contribution is 2.40. The third kappa shape index (κ3) is 2.04. The van der Waals surface area contributed by atoms with E-state index in [0.717, 1.165) is 17.4 Å². The van der Waals surface area contributed by atoms with Gasteiger partial charge in [-0.2, -0.15) is 0 Å². The molecular formula is C14H18ClNO. The molecule has 2 unspecified atom stereocenters. The van der Waals surface area contributed by atoms with Gasteiger partial charge in [-0.1, -0.05) is 24.1 Å². The van der Waals surface area contributed by atoms with Crippen molar-refractivity contribution in [2.24, 2.45) is 11.8 Å². The fourth-order valence-electron chi connectivity index (χ4n) is 3.31. The SMILES string of the molecule is OCc1ccc(N2CC3CCCC3C2)cc1Cl. The van der Waals surface area contributed by atoms with Crippen molar-refractivity contribution in [2.75, 3.05) is 18.0 Å². The summed E-state index contributed by atoms with van der Waals surface area (Å²) in [7, 11) is 0. The quantitative estimate of drug-likeness (QED) is 0.873. The first kappa shape index (κ1) is 11.4. The van der Waals surface area contributed by atoms with Crippen molar-refractivity contribution in [3.8, 4) is 0 Å². The van der Waals surface area contributed by atoms with E-state index in [-0.39, 0.29) is 6.61 Å². The van der Waals surface area contributed by atoms with Crippen LogP contribution in [-0.2, 0) is 6.61 Å². The minimum absolute atomic E-state index is 0.0182. The van der Waals surface area contributed by atoms with Crippen molar-refractivity contribution in [3.05, 3.63) is 28.8 Å². The van der Waals surface area contributed by atoms with Gasteiger partial charge in [-0.05, 0) is 42.4 Å². The molecule has 17 heavy (non-hydrogen) atoms. The number of anilines is 1. The van der Waals surface area contributed by atoms with Crippen LogP contribution in [0.25, 0.3) is 0 Å².